The maximum absolute atomic E-state index is 14.1. The van der Waals surface area contributed by atoms with Crippen LogP contribution in [0.15, 0.2) is 36.4 Å². The molecule has 2 aromatic rings. The second kappa shape index (κ2) is 6.18. The van der Waals surface area contributed by atoms with Gasteiger partial charge in [-0.25, -0.2) is 4.39 Å². The van der Waals surface area contributed by atoms with Crippen LogP contribution in [0.3, 0.4) is 0 Å². The Morgan fingerprint density at radius 3 is 2.73 bits per heavy atom. The maximum atomic E-state index is 14.1. The van der Waals surface area contributed by atoms with E-state index in [1.54, 1.807) is 18.2 Å². The highest BCUT2D eigenvalue weighted by Crippen LogP contribution is 2.32. The minimum absolute atomic E-state index is 0.131. The van der Waals surface area contributed by atoms with Crippen LogP contribution >= 0.6 is 0 Å². The molecule has 22 heavy (non-hydrogen) atoms. The molecule has 0 radical (unpaired) electrons. The predicted molar refractivity (Wildman–Crippen MR) is 82.3 cm³/mol. The molecule has 0 saturated heterocycles. The van der Waals surface area contributed by atoms with Gasteiger partial charge in [-0.05, 0) is 43.4 Å². The number of aryl methyl sites for hydroxylation is 1. The summed E-state index contributed by atoms with van der Waals surface area (Å²) < 4.78 is 19.9. The van der Waals surface area contributed by atoms with Crippen molar-refractivity contribution in [2.75, 3.05) is 0 Å². The van der Waals surface area contributed by atoms with Crippen LogP contribution in [0.5, 0.6) is 5.75 Å². The number of rotatable bonds is 4. The third-order valence-corrected chi connectivity index (χ3v) is 4.09. The van der Waals surface area contributed by atoms with Gasteiger partial charge in [-0.15, -0.1) is 0 Å². The molecule has 0 fully saturated rings. The van der Waals surface area contributed by atoms with Gasteiger partial charge in [0.25, 0.3) is 0 Å². The summed E-state index contributed by atoms with van der Waals surface area (Å²) >= 11 is 0. The summed E-state index contributed by atoms with van der Waals surface area (Å²) in [7, 11) is 0. The number of amides is 1. The van der Waals surface area contributed by atoms with Crippen molar-refractivity contribution >= 4 is 5.91 Å². The Balaban J connectivity index is 1.87. The normalized spacial score (nSPS) is 13.5. The zero-order valence-electron chi connectivity index (χ0n) is 12.3. The fourth-order valence-corrected chi connectivity index (χ4v) is 2.96. The Labute approximate surface area is 128 Å². The third-order valence-electron chi connectivity index (χ3n) is 4.09. The summed E-state index contributed by atoms with van der Waals surface area (Å²) in [5.41, 5.74) is 8.55. The fraction of sp³-hybridized carbons (Fsp3) is 0.278. The van der Waals surface area contributed by atoms with Gasteiger partial charge >= 0.3 is 0 Å². The molecule has 1 amide bonds. The number of hydrogen-bond donors (Lipinski definition) is 1. The van der Waals surface area contributed by atoms with Crippen LogP contribution in [0, 0.1) is 5.82 Å². The molecule has 0 unspecified atom stereocenters. The Bertz CT molecular complexity index is 712. The lowest BCUT2D eigenvalue weighted by molar-refractivity contribution is 0.0998. The van der Waals surface area contributed by atoms with E-state index in [1.165, 1.54) is 6.07 Å². The zero-order chi connectivity index (χ0) is 15.5. The molecule has 0 aromatic heterocycles. The van der Waals surface area contributed by atoms with Crippen molar-refractivity contribution in [2.24, 2.45) is 5.73 Å². The van der Waals surface area contributed by atoms with Gasteiger partial charge in [-0.2, -0.15) is 0 Å². The van der Waals surface area contributed by atoms with Crippen LogP contribution in [0.25, 0.3) is 0 Å². The first-order valence-corrected chi connectivity index (χ1v) is 7.47. The number of halogens is 1. The average Bonchev–Trinajstić information content (AvgIpc) is 2.54. The predicted octanol–water partition coefficient (Wildman–Crippen LogP) is 3.38. The average molecular weight is 299 g/mol. The van der Waals surface area contributed by atoms with Crippen molar-refractivity contribution < 1.29 is 13.9 Å². The Kier molecular flexibility index (Phi) is 4.09. The minimum Gasteiger partial charge on any atom is -0.486 e. The monoisotopic (exact) mass is 299 g/mol. The van der Waals surface area contributed by atoms with Crippen LogP contribution in [-0.2, 0) is 19.4 Å². The number of hydrogen-bond acceptors (Lipinski definition) is 2. The summed E-state index contributed by atoms with van der Waals surface area (Å²) in [6, 6.07) is 10.3. The lowest BCUT2D eigenvalue weighted by Crippen LogP contribution is -2.15. The molecule has 0 atom stereocenters. The van der Waals surface area contributed by atoms with Crippen LogP contribution in [-0.4, -0.2) is 5.91 Å². The molecule has 1 aliphatic rings. The Hall–Kier alpha value is -2.36. The quantitative estimate of drug-likeness (QED) is 0.941. The zero-order valence-corrected chi connectivity index (χ0v) is 12.3. The van der Waals surface area contributed by atoms with Crippen LogP contribution in [0.4, 0.5) is 4.39 Å². The molecule has 4 heteroatoms. The van der Waals surface area contributed by atoms with Gasteiger partial charge < -0.3 is 10.5 Å². The van der Waals surface area contributed by atoms with Crippen LogP contribution in [0.2, 0.25) is 0 Å². The standard InChI is InChI=1S/C18H18FNO2/c19-16-10-9-12-5-1-3-7-14(12)17(16)22-11-13-6-2-4-8-15(13)18(20)21/h2,4,6,8-10H,1,3,5,7,11H2,(H2,20,21). The first-order valence-electron chi connectivity index (χ1n) is 7.47. The lowest BCUT2D eigenvalue weighted by atomic mass is 9.91. The van der Waals surface area contributed by atoms with E-state index in [4.69, 9.17) is 10.5 Å². The fourth-order valence-electron chi connectivity index (χ4n) is 2.96. The van der Waals surface area contributed by atoms with Crippen molar-refractivity contribution in [3.05, 3.63) is 64.5 Å². The molecule has 0 spiro atoms. The number of ether oxygens (including phenoxy) is 1. The van der Waals surface area contributed by atoms with E-state index in [9.17, 15) is 9.18 Å². The summed E-state index contributed by atoms with van der Waals surface area (Å²) in [6.45, 7) is 0.131. The van der Waals surface area contributed by atoms with E-state index >= 15 is 0 Å². The van der Waals surface area contributed by atoms with Gasteiger partial charge in [0.15, 0.2) is 11.6 Å². The van der Waals surface area contributed by atoms with Gasteiger partial charge in [-0.1, -0.05) is 24.3 Å². The minimum atomic E-state index is -0.505. The second-order valence-corrected chi connectivity index (χ2v) is 5.53. The third kappa shape index (κ3) is 2.82. The van der Waals surface area contributed by atoms with Gasteiger partial charge in [-0.3, -0.25) is 4.79 Å². The van der Waals surface area contributed by atoms with Crippen LogP contribution in [0.1, 0.15) is 39.9 Å². The molecule has 3 rings (SSSR count). The van der Waals surface area contributed by atoms with Gasteiger partial charge in [0.2, 0.25) is 5.91 Å². The van der Waals surface area contributed by atoms with E-state index < -0.39 is 5.91 Å². The van der Waals surface area contributed by atoms with E-state index in [0.717, 1.165) is 36.8 Å². The van der Waals surface area contributed by atoms with E-state index in [-0.39, 0.29) is 12.4 Å². The van der Waals surface area contributed by atoms with Gasteiger partial charge in [0.1, 0.15) is 6.61 Å². The van der Waals surface area contributed by atoms with Crippen molar-refractivity contribution in [3.8, 4) is 5.75 Å². The SMILES string of the molecule is NC(=O)c1ccccc1COc1c(F)ccc2c1CCCC2. The Morgan fingerprint density at radius 2 is 1.91 bits per heavy atom. The number of carbonyl (C=O) groups is 1. The summed E-state index contributed by atoms with van der Waals surface area (Å²) in [5.74, 6) is -0.538. The molecule has 114 valence electrons. The van der Waals surface area contributed by atoms with E-state index in [1.807, 2.05) is 12.1 Å². The molecule has 0 aliphatic heterocycles. The van der Waals surface area contributed by atoms with E-state index in [2.05, 4.69) is 0 Å². The second-order valence-electron chi connectivity index (χ2n) is 5.53. The first-order chi connectivity index (χ1) is 10.7. The van der Waals surface area contributed by atoms with Gasteiger partial charge in [0, 0.05) is 16.7 Å². The summed E-state index contributed by atoms with van der Waals surface area (Å²) in [6.07, 6.45) is 3.97. The summed E-state index contributed by atoms with van der Waals surface area (Å²) in [5, 5.41) is 0. The molecular formula is C18H18FNO2. The molecule has 0 saturated carbocycles. The Morgan fingerprint density at radius 1 is 1.14 bits per heavy atom. The van der Waals surface area contributed by atoms with E-state index in [0.29, 0.717) is 16.9 Å². The van der Waals surface area contributed by atoms with Crippen LogP contribution < -0.4 is 10.5 Å². The highest BCUT2D eigenvalue weighted by Gasteiger charge is 2.18. The van der Waals surface area contributed by atoms with Crippen molar-refractivity contribution in [1.29, 1.82) is 0 Å². The smallest absolute Gasteiger partial charge is 0.249 e. The summed E-state index contributed by atoms with van der Waals surface area (Å²) in [4.78, 5) is 11.4. The number of nitrogens with two attached hydrogens (primary N) is 1. The first kappa shape index (κ1) is 14.6. The molecule has 0 bridgehead atoms. The molecular weight excluding hydrogens is 281 g/mol. The largest absolute Gasteiger partial charge is 0.486 e. The van der Waals surface area contributed by atoms with Crippen molar-refractivity contribution in [2.45, 2.75) is 32.3 Å². The van der Waals surface area contributed by atoms with Crippen molar-refractivity contribution in [3.63, 3.8) is 0 Å². The number of carbonyl (C=O) groups excluding carboxylic acids is 1. The topological polar surface area (TPSA) is 52.3 Å². The molecule has 1 aliphatic carbocycles. The number of benzene rings is 2. The highest BCUT2D eigenvalue weighted by molar-refractivity contribution is 5.94. The number of fused-ring (bicyclic) bond motifs is 1. The van der Waals surface area contributed by atoms with Crippen molar-refractivity contribution in [1.82, 2.24) is 0 Å². The molecule has 2 N–H and O–H groups in total. The molecule has 2 aromatic carbocycles. The highest BCUT2D eigenvalue weighted by atomic mass is 19.1. The van der Waals surface area contributed by atoms with Gasteiger partial charge in [0.05, 0.1) is 0 Å². The lowest BCUT2D eigenvalue weighted by Gasteiger charge is -2.20. The number of primary amides is 1. The molecule has 0 heterocycles. The maximum Gasteiger partial charge on any atom is 0.249 e. The molecule has 3 nitrogen and oxygen atoms in total.